The summed E-state index contributed by atoms with van der Waals surface area (Å²) in [5, 5.41) is 0. The fourth-order valence-electron chi connectivity index (χ4n) is 3.03. The molecule has 2 aromatic rings. The number of furan rings is 1. The molecule has 1 heterocycles. The lowest BCUT2D eigenvalue weighted by atomic mass is 10.1. The maximum absolute atomic E-state index is 12.7. The molecule has 0 saturated heterocycles. The summed E-state index contributed by atoms with van der Waals surface area (Å²) in [6, 6.07) is 10.4. The van der Waals surface area contributed by atoms with Gasteiger partial charge in [0.25, 0.3) is 0 Å². The van der Waals surface area contributed by atoms with Crippen LogP contribution in [0.5, 0.6) is 0 Å². The summed E-state index contributed by atoms with van der Waals surface area (Å²) in [5.41, 5.74) is 0.918. The summed E-state index contributed by atoms with van der Waals surface area (Å²) in [5.74, 6) is 0.721. The Hall–Kier alpha value is -2.16. The van der Waals surface area contributed by atoms with Crippen LogP contribution in [0.2, 0.25) is 0 Å². The average molecular weight is 423 g/mol. The average Bonchev–Trinajstić information content (AvgIpc) is 3.23. The number of benzene rings is 1. The second-order valence-corrected chi connectivity index (χ2v) is 8.56. The van der Waals surface area contributed by atoms with E-state index in [0.29, 0.717) is 45.6 Å². The van der Waals surface area contributed by atoms with Crippen LogP contribution >= 0.6 is 0 Å². The molecular formula is C21H30N2O5S. The van der Waals surface area contributed by atoms with Gasteiger partial charge in [0, 0.05) is 33.2 Å². The Morgan fingerprint density at radius 2 is 1.79 bits per heavy atom. The van der Waals surface area contributed by atoms with Crippen molar-refractivity contribution in [1.29, 1.82) is 0 Å². The lowest BCUT2D eigenvalue weighted by Gasteiger charge is -2.21. The molecule has 0 aliphatic rings. The number of methoxy groups -OCH3 is 1. The van der Waals surface area contributed by atoms with Crippen LogP contribution in [0, 0.1) is 0 Å². The summed E-state index contributed by atoms with van der Waals surface area (Å²) in [4.78, 5) is 14.7. The monoisotopic (exact) mass is 422 g/mol. The van der Waals surface area contributed by atoms with Crippen LogP contribution in [-0.4, -0.2) is 56.9 Å². The minimum atomic E-state index is -3.47. The minimum Gasteiger partial charge on any atom is -0.467 e. The zero-order valence-corrected chi connectivity index (χ0v) is 18.2. The maximum atomic E-state index is 12.7. The number of amides is 1. The largest absolute Gasteiger partial charge is 0.467 e. The molecule has 29 heavy (non-hydrogen) atoms. The number of carbonyl (C=O) groups is 1. The van der Waals surface area contributed by atoms with E-state index in [4.69, 9.17) is 9.15 Å². The van der Waals surface area contributed by atoms with Crippen molar-refractivity contribution in [1.82, 2.24) is 9.21 Å². The summed E-state index contributed by atoms with van der Waals surface area (Å²) < 4.78 is 37.0. The molecule has 0 fully saturated rings. The third-order valence-corrected chi connectivity index (χ3v) is 6.80. The molecular weight excluding hydrogens is 392 g/mol. The van der Waals surface area contributed by atoms with Gasteiger partial charge in [-0.15, -0.1) is 0 Å². The fraction of sp³-hybridized carbons (Fsp3) is 0.476. The highest BCUT2D eigenvalue weighted by molar-refractivity contribution is 7.89. The van der Waals surface area contributed by atoms with Crippen molar-refractivity contribution in [2.75, 3.05) is 33.4 Å². The van der Waals surface area contributed by atoms with Crippen LogP contribution in [0.1, 0.15) is 31.6 Å². The first-order chi connectivity index (χ1) is 13.9. The third kappa shape index (κ3) is 6.42. The van der Waals surface area contributed by atoms with Crippen molar-refractivity contribution in [2.24, 2.45) is 0 Å². The van der Waals surface area contributed by atoms with Gasteiger partial charge in [-0.25, -0.2) is 8.42 Å². The SMILES string of the molecule is CCN(CC)S(=O)(=O)c1ccc(CCC(=O)N(CCOC)Cc2ccco2)cc1. The predicted octanol–water partition coefficient (Wildman–Crippen LogP) is 2.92. The molecule has 7 nitrogen and oxygen atoms in total. The summed E-state index contributed by atoms with van der Waals surface area (Å²) in [6.07, 6.45) is 2.45. The van der Waals surface area contributed by atoms with Gasteiger partial charge < -0.3 is 14.1 Å². The highest BCUT2D eigenvalue weighted by Crippen LogP contribution is 2.17. The molecule has 0 atom stereocenters. The number of ether oxygens (including phenoxy) is 1. The highest BCUT2D eigenvalue weighted by Gasteiger charge is 2.21. The Morgan fingerprint density at radius 3 is 2.34 bits per heavy atom. The Morgan fingerprint density at radius 1 is 1.10 bits per heavy atom. The van der Waals surface area contributed by atoms with E-state index >= 15 is 0 Å². The van der Waals surface area contributed by atoms with Gasteiger partial charge in [0.15, 0.2) is 0 Å². The van der Waals surface area contributed by atoms with Gasteiger partial charge in [-0.1, -0.05) is 26.0 Å². The standard InChI is InChI=1S/C21H30N2O5S/c1-4-23(5-2)29(25,26)20-11-8-18(9-12-20)10-13-21(24)22(14-16-27-3)17-19-7-6-15-28-19/h6-9,11-12,15H,4-5,10,13-14,16-17H2,1-3H3. The molecule has 0 unspecified atom stereocenters. The van der Waals surface area contributed by atoms with E-state index in [2.05, 4.69) is 0 Å². The fourth-order valence-corrected chi connectivity index (χ4v) is 4.49. The molecule has 1 aromatic carbocycles. The quantitative estimate of drug-likeness (QED) is 0.525. The molecule has 0 bridgehead atoms. The maximum Gasteiger partial charge on any atom is 0.243 e. The molecule has 0 saturated carbocycles. The zero-order valence-electron chi connectivity index (χ0n) is 17.3. The first-order valence-corrected chi connectivity index (χ1v) is 11.2. The number of hydrogen-bond donors (Lipinski definition) is 0. The molecule has 0 aliphatic heterocycles. The van der Waals surface area contributed by atoms with Crippen molar-refractivity contribution >= 4 is 15.9 Å². The summed E-state index contributed by atoms with van der Waals surface area (Å²) >= 11 is 0. The minimum absolute atomic E-state index is 0.00158. The van der Waals surface area contributed by atoms with Crippen molar-refractivity contribution in [3.8, 4) is 0 Å². The number of sulfonamides is 1. The summed E-state index contributed by atoms with van der Waals surface area (Å²) in [6.45, 7) is 5.83. The third-order valence-electron chi connectivity index (χ3n) is 4.74. The Labute approximate surface area is 173 Å². The molecule has 1 amide bonds. The van der Waals surface area contributed by atoms with E-state index in [1.54, 1.807) is 48.6 Å². The van der Waals surface area contributed by atoms with Gasteiger partial charge >= 0.3 is 0 Å². The molecule has 8 heteroatoms. The first kappa shape index (κ1) is 23.1. The lowest BCUT2D eigenvalue weighted by Crippen LogP contribution is -2.33. The molecule has 0 aliphatic carbocycles. The van der Waals surface area contributed by atoms with Crippen molar-refractivity contribution in [2.45, 2.75) is 38.1 Å². The van der Waals surface area contributed by atoms with Crippen LogP contribution in [0.4, 0.5) is 0 Å². The molecule has 0 radical (unpaired) electrons. The van der Waals surface area contributed by atoms with Crippen LogP contribution < -0.4 is 0 Å². The topological polar surface area (TPSA) is 80.1 Å². The molecule has 160 valence electrons. The number of nitrogens with zero attached hydrogens (tertiary/aromatic N) is 2. The van der Waals surface area contributed by atoms with Gasteiger partial charge in [-0.2, -0.15) is 4.31 Å². The van der Waals surface area contributed by atoms with Crippen LogP contribution in [0.15, 0.2) is 52.0 Å². The Balaban J connectivity index is 1.99. The number of carbonyl (C=O) groups excluding carboxylic acids is 1. The van der Waals surface area contributed by atoms with Crippen molar-refractivity contribution in [3.05, 3.63) is 54.0 Å². The highest BCUT2D eigenvalue weighted by atomic mass is 32.2. The van der Waals surface area contributed by atoms with Crippen LogP contribution in [0.3, 0.4) is 0 Å². The van der Waals surface area contributed by atoms with E-state index in [0.717, 1.165) is 11.3 Å². The second-order valence-electron chi connectivity index (χ2n) is 6.62. The predicted molar refractivity (Wildman–Crippen MR) is 111 cm³/mol. The van der Waals surface area contributed by atoms with Gasteiger partial charge in [-0.05, 0) is 36.2 Å². The van der Waals surface area contributed by atoms with Crippen molar-refractivity contribution < 1.29 is 22.4 Å². The lowest BCUT2D eigenvalue weighted by molar-refractivity contribution is -0.132. The van der Waals surface area contributed by atoms with Gasteiger partial charge in [0.2, 0.25) is 15.9 Å². The van der Waals surface area contributed by atoms with Crippen LogP contribution in [-0.2, 0) is 32.5 Å². The Kier molecular flexibility index (Phi) is 8.88. The normalized spacial score (nSPS) is 11.7. The molecule has 0 spiro atoms. The number of rotatable bonds is 12. The smallest absolute Gasteiger partial charge is 0.243 e. The van der Waals surface area contributed by atoms with Crippen molar-refractivity contribution in [3.63, 3.8) is 0 Å². The van der Waals surface area contributed by atoms with Gasteiger partial charge in [-0.3, -0.25) is 4.79 Å². The van der Waals surface area contributed by atoms with E-state index < -0.39 is 10.0 Å². The van der Waals surface area contributed by atoms with E-state index in [1.807, 2.05) is 19.9 Å². The molecule has 0 N–H and O–H groups in total. The first-order valence-electron chi connectivity index (χ1n) is 9.80. The van der Waals surface area contributed by atoms with E-state index in [-0.39, 0.29) is 10.8 Å². The van der Waals surface area contributed by atoms with E-state index in [9.17, 15) is 13.2 Å². The van der Waals surface area contributed by atoms with Gasteiger partial charge in [0.05, 0.1) is 24.3 Å². The zero-order chi connectivity index (χ0) is 21.3. The second kappa shape index (κ2) is 11.1. The van der Waals surface area contributed by atoms with E-state index in [1.165, 1.54) is 4.31 Å². The number of hydrogen-bond acceptors (Lipinski definition) is 5. The van der Waals surface area contributed by atoms with Crippen LogP contribution in [0.25, 0.3) is 0 Å². The molecule has 2 rings (SSSR count). The van der Waals surface area contributed by atoms with Gasteiger partial charge in [0.1, 0.15) is 5.76 Å². The molecule has 1 aromatic heterocycles. The number of aryl methyl sites for hydroxylation is 1. The Bertz CT molecular complexity index is 844. The summed E-state index contributed by atoms with van der Waals surface area (Å²) in [7, 11) is -1.87.